The number of carbonyl (C=O) groups excluding carboxylic acids is 1. The summed E-state index contributed by atoms with van der Waals surface area (Å²) in [6.07, 6.45) is 7.21. The number of nitrogens with zero attached hydrogens (tertiary/aromatic N) is 4. The molecule has 1 aliphatic heterocycles. The first-order valence-electron chi connectivity index (χ1n) is 13.4. The van der Waals surface area contributed by atoms with Gasteiger partial charge in [0.2, 0.25) is 15.9 Å². The first kappa shape index (κ1) is 26.9. The van der Waals surface area contributed by atoms with Crippen molar-refractivity contribution in [3.05, 3.63) is 71.1 Å². The third kappa shape index (κ3) is 5.99. The van der Waals surface area contributed by atoms with E-state index < -0.39 is 10.0 Å². The van der Waals surface area contributed by atoms with E-state index in [0.29, 0.717) is 35.8 Å². The van der Waals surface area contributed by atoms with E-state index in [1.807, 2.05) is 35.2 Å². The Morgan fingerprint density at radius 2 is 1.59 bits per heavy atom. The molecule has 0 unspecified atom stereocenters. The van der Waals surface area contributed by atoms with Gasteiger partial charge < -0.3 is 15.5 Å². The number of rotatable bonds is 7. The monoisotopic (exact) mass is 550 g/mol. The van der Waals surface area contributed by atoms with Crippen molar-refractivity contribution in [2.75, 3.05) is 41.7 Å². The Balaban J connectivity index is 1.36. The quantitative estimate of drug-likeness (QED) is 0.463. The lowest BCUT2D eigenvalue weighted by molar-refractivity contribution is -0.114. The topological polar surface area (TPSA) is 117 Å². The number of para-hydroxylation sites is 1. The molecule has 206 valence electrons. The van der Waals surface area contributed by atoms with Gasteiger partial charge in [-0.2, -0.15) is 14.1 Å². The molecule has 1 amide bonds. The van der Waals surface area contributed by atoms with Crippen molar-refractivity contribution in [3.8, 4) is 5.69 Å². The van der Waals surface area contributed by atoms with Crippen molar-refractivity contribution in [2.24, 2.45) is 0 Å². The van der Waals surface area contributed by atoms with Crippen LogP contribution in [0.15, 0.2) is 70.5 Å². The fraction of sp³-hybridized carbons (Fsp3) is 0.393. The van der Waals surface area contributed by atoms with Crippen LogP contribution >= 0.6 is 0 Å². The first-order valence-corrected chi connectivity index (χ1v) is 14.8. The van der Waals surface area contributed by atoms with Crippen molar-refractivity contribution < 1.29 is 13.2 Å². The average molecular weight is 551 g/mol. The third-order valence-electron chi connectivity index (χ3n) is 7.30. The van der Waals surface area contributed by atoms with Crippen LogP contribution in [-0.4, -0.2) is 60.6 Å². The molecule has 2 N–H and O–H groups in total. The maximum absolute atomic E-state index is 13.7. The van der Waals surface area contributed by atoms with Crippen molar-refractivity contribution in [1.29, 1.82) is 0 Å². The zero-order chi connectivity index (χ0) is 27.4. The first-order chi connectivity index (χ1) is 18.8. The largest absolute Gasteiger partial charge is 0.376 e. The second kappa shape index (κ2) is 11.6. The molecule has 39 heavy (non-hydrogen) atoms. The van der Waals surface area contributed by atoms with E-state index >= 15 is 0 Å². The van der Waals surface area contributed by atoms with Crippen molar-refractivity contribution >= 4 is 33.0 Å². The minimum absolute atomic E-state index is 0.178. The number of piperazine rings is 1. The smallest absolute Gasteiger partial charge is 0.296 e. The van der Waals surface area contributed by atoms with Gasteiger partial charge in [-0.3, -0.25) is 9.59 Å². The molecule has 3 aromatic rings. The van der Waals surface area contributed by atoms with Crippen LogP contribution in [0.2, 0.25) is 0 Å². The van der Waals surface area contributed by atoms with Gasteiger partial charge >= 0.3 is 0 Å². The van der Waals surface area contributed by atoms with E-state index in [0.717, 1.165) is 25.7 Å². The zero-order valence-electron chi connectivity index (χ0n) is 22.0. The summed E-state index contributed by atoms with van der Waals surface area (Å²) in [5.74, 6) is -0.218. The van der Waals surface area contributed by atoms with Gasteiger partial charge in [-0.25, -0.2) is 8.42 Å². The van der Waals surface area contributed by atoms with Crippen LogP contribution in [-0.2, 0) is 14.8 Å². The van der Waals surface area contributed by atoms with Crippen LogP contribution in [0.3, 0.4) is 0 Å². The van der Waals surface area contributed by atoms with Gasteiger partial charge in [0.1, 0.15) is 5.69 Å². The lowest BCUT2D eigenvalue weighted by Crippen LogP contribution is -2.49. The van der Waals surface area contributed by atoms with Gasteiger partial charge in [-0.1, -0.05) is 37.5 Å². The van der Waals surface area contributed by atoms with Crippen LogP contribution in [0.4, 0.5) is 17.1 Å². The summed E-state index contributed by atoms with van der Waals surface area (Å²) >= 11 is 0. The minimum Gasteiger partial charge on any atom is -0.376 e. The normalized spacial score (nSPS) is 17.1. The van der Waals surface area contributed by atoms with Crippen molar-refractivity contribution in [1.82, 2.24) is 14.1 Å². The summed E-state index contributed by atoms with van der Waals surface area (Å²) in [5, 5.41) is 10.7. The molecule has 2 aliphatic rings. The SMILES string of the molecule is CC(=O)Nc1ccc(S(=O)(=O)N2CCN(c3cnn(-c4ccccc4)c(=O)c3NC3CCCCC3)CC2)cc1. The van der Waals surface area contributed by atoms with E-state index in [1.54, 1.807) is 18.3 Å². The van der Waals surface area contributed by atoms with Gasteiger partial charge in [0.05, 0.1) is 22.5 Å². The highest BCUT2D eigenvalue weighted by molar-refractivity contribution is 7.89. The van der Waals surface area contributed by atoms with Gasteiger partial charge in [-0.15, -0.1) is 0 Å². The van der Waals surface area contributed by atoms with Gasteiger partial charge in [0, 0.05) is 44.8 Å². The summed E-state index contributed by atoms with van der Waals surface area (Å²) in [4.78, 5) is 27.2. The fourth-order valence-corrected chi connectivity index (χ4v) is 6.68. The molecule has 2 heterocycles. The van der Waals surface area contributed by atoms with Crippen LogP contribution in [0.5, 0.6) is 0 Å². The van der Waals surface area contributed by atoms with Gasteiger partial charge in [0.25, 0.3) is 5.56 Å². The number of anilines is 3. The molecule has 1 aliphatic carbocycles. The number of aromatic nitrogens is 2. The Bertz CT molecular complexity index is 1460. The molecule has 1 saturated heterocycles. The maximum Gasteiger partial charge on any atom is 0.296 e. The number of nitrogens with one attached hydrogen (secondary N) is 2. The number of hydrogen-bond acceptors (Lipinski definition) is 7. The summed E-state index contributed by atoms with van der Waals surface area (Å²) in [7, 11) is -3.70. The highest BCUT2D eigenvalue weighted by Gasteiger charge is 2.30. The number of sulfonamides is 1. The molecule has 0 bridgehead atoms. The number of carbonyl (C=O) groups is 1. The van der Waals surface area contributed by atoms with Crippen LogP contribution < -0.4 is 21.1 Å². The fourth-order valence-electron chi connectivity index (χ4n) is 5.26. The number of amides is 1. The molecule has 1 saturated carbocycles. The van der Waals surface area contributed by atoms with Crippen LogP contribution in [0.1, 0.15) is 39.0 Å². The molecular weight excluding hydrogens is 516 g/mol. The Hall–Kier alpha value is -3.70. The lowest BCUT2D eigenvalue weighted by atomic mass is 9.95. The third-order valence-corrected chi connectivity index (χ3v) is 9.22. The summed E-state index contributed by atoms with van der Waals surface area (Å²) in [6.45, 7) is 2.82. The highest BCUT2D eigenvalue weighted by atomic mass is 32.2. The number of hydrogen-bond donors (Lipinski definition) is 2. The molecule has 5 rings (SSSR count). The Morgan fingerprint density at radius 3 is 2.23 bits per heavy atom. The molecule has 0 spiro atoms. The van der Waals surface area contributed by atoms with E-state index in [2.05, 4.69) is 15.7 Å². The second-order valence-electron chi connectivity index (χ2n) is 10.0. The van der Waals surface area contributed by atoms with E-state index in [1.165, 1.54) is 34.5 Å². The molecule has 10 nitrogen and oxygen atoms in total. The van der Waals surface area contributed by atoms with Gasteiger partial charge in [0.15, 0.2) is 0 Å². The molecule has 1 aromatic heterocycles. The molecular formula is C28H34N6O4S. The summed E-state index contributed by atoms with van der Waals surface area (Å²) < 4.78 is 29.5. The van der Waals surface area contributed by atoms with E-state index in [9.17, 15) is 18.0 Å². The van der Waals surface area contributed by atoms with Crippen LogP contribution in [0, 0.1) is 0 Å². The minimum atomic E-state index is -3.70. The van der Waals surface area contributed by atoms with Crippen molar-refractivity contribution in [2.45, 2.75) is 50.0 Å². The maximum atomic E-state index is 13.7. The standard InChI is InChI=1S/C28H34N6O4S/c1-21(35)30-23-12-14-25(15-13-23)39(37,38)33-18-16-32(17-19-33)26-20-29-34(24-10-6-3-7-11-24)28(36)27(26)31-22-8-4-2-5-9-22/h3,6-7,10-15,20,22,31H,2,4-5,8-9,16-19H2,1H3,(H,30,35). The summed E-state index contributed by atoms with van der Waals surface area (Å²) in [6, 6.07) is 15.8. The molecule has 0 radical (unpaired) electrons. The molecule has 2 aromatic carbocycles. The second-order valence-corrected chi connectivity index (χ2v) is 12.0. The molecule has 0 atom stereocenters. The zero-order valence-corrected chi connectivity index (χ0v) is 22.9. The Labute approximate surface area is 228 Å². The van der Waals surface area contributed by atoms with E-state index in [-0.39, 0.29) is 35.5 Å². The molecule has 2 fully saturated rings. The predicted octanol–water partition coefficient (Wildman–Crippen LogP) is 3.45. The average Bonchev–Trinajstić information content (AvgIpc) is 2.95. The Morgan fingerprint density at radius 1 is 0.923 bits per heavy atom. The predicted molar refractivity (Wildman–Crippen MR) is 152 cm³/mol. The summed E-state index contributed by atoms with van der Waals surface area (Å²) in [5.41, 5.74) is 2.25. The van der Waals surface area contributed by atoms with E-state index in [4.69, 9.17) is 0 Å². The van der Waals surface area contributed by atoms with Crippen molar-refractivity contribution in [3.63, 3.8) is 0 Å². The van der Waals surface area contributed by atoms with Gasteiger partial charge in [-0.05, 0) is 49.2 Å². The number of benzene rings is 2. The highest BCUT2D eigenvalue weighted by Crippen LogP contribution is 2.29. The van der Waals surface area contributed by atoms with Crippen LogP contribution in [0.25, 0.3) is 5.69 Å². The molecule has 11 heteroatoms. The lowest BCUT2D eigenvalue weighted by Gasteiger charge is -2.36. The Kier molecular flexibility index (Phi) is 7.99.